The zero-order valence-corrected chi connectivity index (χ0v) is 15.6. The molecular formula is C23H23BN2. The van der Waals surface area contributed by atoms with E-state index < -0.39 is 0 Å². The molecule has 0 bridgehead atoms. The molecule has 0 aliphatic carbocycles. The second-order valence-corrected chi connectivity index (χ2v) is 8.10. The molecule has 0 aromatic heterocycles. The number of benzene rings is 3. The molecule has 5 rings (SSSR count). The second-order valence-electron chi connectivity index (χ2n) is 8.10. The Morgan fingerprint density at radius 1 is 0.615 bits per heavy atom. The highest BCUT2D eigenvalue weighted by atomic mass is 14.6. The van der Waals surface area contributed by atoms with Crippen molar-refractivity contribution in [3.05, 3.63) is 75.3 Å². The summed E-state index contributed by atoms with van der Waals surface area (Å²) in [4.78, 5) is 0. The highest BCUT2D eigenvalue weighted by molar-refractivity contribution is 6.97. The van der Waals surface area contributed by atoms with E-state index in [1.165, 1.54) is 55.3 Å². The van der Waals surface area contributed by atoms with E-state index in [4.69, 9.17) is 11.5 Å². The highest BCUT2D eigenvalue weighted by Gasteiger charge is 2.38. The van der Waals surface area contributed by atoms with Crippen LogP contribution in [0.2, 0.25) is 0 Å². The van der Waals surface area contributed by atoms with Crippen LogP contribution in [0.3, 0.4) is 0 Å². The van der Waals surface area contributed by atoms with Gasteiger partial charge in [-0.05, 0) is 80.1 Å². The van der Waals surface area contributed by atoms with E-state index in [-0.39, 0.29) is 0 Å². The van der Waals surface area contributed by atoms with Gasteiger partial charge in [-0.15, -0.1) is 0 Å². The molecule has 3 aromatic rings. The van der Waals surface area contributed by atoms with E-state index in [0.29, 0.717) is 6.71 Å². The molecule has 3 heteroatoms. The molecule has 4 N–H and O–H groups in total. The fourth-order valence-corrected chi connectivity index (χ4v) is 5.40. The first-order valence-corrected chi connectivity index (χ1v) is 9.32. The molecule has 2 aliphatic rings. The Morgan fingerprint density at radius 2 is 1.08 bits per heavy atom. The number of aryl methyl sites for hydroxylation is 3. The molecule has 0 amide bonds. The van der Waals surface area contributed by atoms with E-state index in [9.17, 15) is 0 Å². The summed E-state index contributed by atoms with van der Waals surface area (Å²) in [5.74, 6) is 0. The normalized spacial score (nSPS) is 13.9. The Morgan fingerprint density at radius 3 is 1.69 bits per heavy atom. The summed E-state index contributed by atoms with van der Waals surface area (Å²) in [7, 11) is 0. The number of hydrogen-bond donors (Lipinski definition) is 2. The zero-order chi connectivity index (χ0) is 18.2. The largest absolute Gasteiger partial charge is 0.399 e. The second kappa shape index (κ2) is 5.17. The average molecular weight is 338 g/mol. The summed E-state index contributed by atoms with van der Waals surface area (Å²) < 4.78 is 0. The van der Waals surface area contributed by atoms with Crippen LogP contribution in [-0.4, -0.2) is 6.71 Å². The number of fused-ring (bicyclic) bond motifs is 4. The molecule has 2 aliphatic heterocycles. The predicted molar refractivity (Wildman–Crippen MR) is 113 cm³/mol. The van der Waals surface area contributed by atoms with Crippen LogP contribution in [0.15, 0.2) is 36.4 Å². The van der Waals surface area contributed by atoms with Crippen LogP contribution in [0.25, 0.3) is 0 Å². The fraction of sp³-hybridized carbons (Fsp3) is 0.217. The molecule has 2 nitrogen and oxygen atoms in total. The van der Waals surface area contributed by atoms with Gasteiger partial charge in [0.25, 0.3) is 0 Å². The van der Waals surface area contributed by atoms with Crippen LogP contribution in [0.1, 0.15) is 38.9 Å². The van der Waals surface area contributed by atoms with Gasteiger partial charge in [0, 0.05) is 11.4 Å². The van der Waals surface area contributed by atoms with Gasteiger partial charge in [-0.25, -0.2) is 0 Å². The minimum atomic E-state index is 0.300. The van der Waals surface area contributed by atoms with Crippen molar-refractivity contribution in [2.75, 3.05) is 11.5 Å². The van der Waals surface area contributed by atoms with Crippen molar-refractivity contribution in [1.29, 1.82) is 0 Å². The Labute approximate surface area is 155 Å². The molecule has 0 atom stereocenters. The summed E-state index contributed by atoms with van der Waals surface area (Å²) in [6.45, 7) is 6.95. The first-order chi connectivity index (χ1) is 12.4. The molecule has 0 saturated carbocycles. The lowest BCUT2D eigenvalue weighted by Crippen LogP contribution is -2.62. The van der Waals surface area contributed by atoms with Gasteiger partial charge < -0.3 is 11.5 Å². The van der Waals surface area contributed by atoms with Gasteiger partial charge in [0.2, 0.25) is 6.71 Å². The molecule has 128 valence electrons. The maximum Gasteiger partial charge on any atom is 0.243 e. The minimum absolute atomic E-state index is 0.300. The van der Waals surface area contributed by atoms with Gasteiger partial charge >= 0.3 is 0 Å². The molecule has 3 aromatic carbocycles. The van der Waals surface area contributed by atoms with Gasteiger partial charge in [0.05, 0.1) is 0 Å². The number of anilines is 2. The summed E-state index contributed by atoms with van der Waals surface area (Å²) in [6, 6.07) is 13.3. The quantitative estimate of drug-likeness (QED) is 0.336. The van der Waals surface area contributed by atoms with Crippen molar-refractivity contribution in [2.45, 2.75) is 33.6 Å². The lowest BCUT2D eigenvalue weighted by Gasteiger charge is -2.36. The van der Waals surface area contributed by atoms with Crippen molar-refractivity contribution < 1.29 is 0 Å². The Bertz CT molecular complexity index is 983. The van der Waals surface area contributed by atoms with Crippen molar-refractivity contribution in [2.24, 2.45) is 0 Å². The minimum Gasteiger partial charge on any atom is -0.399 e. The van der Waals surface area contributed by atoms with Crippen LogP contribution in [-0.2, 0) is 12.8 Å². The third kappa shape index (κ3) is 2.06. The molecule has 0 spiro atoms. The molecule has 26 heavy (non-hydrogen) atoms. The third-order valence-electron chi connectivity index (χ3n) is 6.11. The van der Waals surface area contributed by atoms with Crippen LogP contribution < -0.4 is 27.9 Å². The smallest absolute Gasteiger partial charge is 0.243 e. The van der Waals surface area contributed by atoms with E-state index in [0.717, 1.165) is 24.2 Å². The lowest BCUT2D eigenvalue weighted by atomic mass is 9.29. The Kier molecular flexibility index (Phi) is 3.09. The number of hydrogen-bond acceptors (Lipinski definition) is 2. The summed E-state index contributed by atoms with van der Waals surface area (Å²) in [5, 5.41) is 0. The zero-order valence-electron chi connectivity index (χ0n) is 15.6. The van der Waals surface area contributed by atoms with Gasteiger partial charge in [-0.1, -0.05) is 45.2 Å². The number of rotatable bonds is 0. The molecule has 2 heterocycles. The standard InChI is InChI=1S/C23H23BN2/c1-12-4-13(2)21-15(5-12)7-17-10-20(26)11-18-8-16-9-19(25)6-14(3)22(16)24(21)23(17)18/h4-6,9-11H,7-8,25-26H2,1-3H3. The maximum absolute atomic E-state index is 6.26. The lowest BCUT2D eigenvalue weighted by molar-refractivity contribution is 1.13. The highest BCUT2D eigenvalue weighted by Crippen LogP contribution is 2.27. The monoisotopic (exact) mass is 338 g/mol. The molecule has 0 radical (unpaired) electrons. The molecule has 0 unspecified atom stereocenters. The molecule has 0 saturated heterocycles. The first kappa shape index (κ1) is 15.6. The third-order valence-corrected chi connectivity index (χ3v) is 6.11. The van der Waals surface area contributed by atoms with E-state index in [1.54, 1.807) is 0 Å². The van der Waals surface area contributed by atoms with Crippen LogP contribution in [0.4, 0.5) is 11.4 Å². The topological polar surface area (TPSA) is 52.0 Å². The van der Waals surface area contributed by atoms with Gasteiger partial charge in [-0.2, -0.15) is 0 Å². The molecule has 0 fully saturated rings. The first-order valence-electron chi connectivity index (χ1n) is 9.32. The summed E-state index contributed by atoms with van der Waals surface area (Å²) >= 11 is 0. The van der Waals surface area contributed by atoms with Gasteiger partial charge in [0.15, 0.2) is 0 Å². The van der Waals surface area contributed by atoms with E-state index in [2.05, 4.69) is 57.2 Å². The fourth-order valence-electron chi connectivity index (χ4n) is 5.40. The van der Waals surface area contributed by atoms with Crippen molar-refractivity contribution in [1.82, 2.24) is 0 Å². The average Bonchev–Trinajstić information content (AvgIpc) is 2.52. The van der Waals surface area contributed by atoms with Crippen molar-refractivity contribution in [3.8, 4) is 0 Å². The van der Waals surface area contributed by atoms with Crippen LogP contribution >= 0.6 is 0 Å². The van der Waals surface area contributed by atoms with E-state index in [1.807, 2.05) is 0 Å². The van der Waals surface area contributed by atoms with Gasteiger partial charge in [0.1, 0.15) is 0 Å². The maximum atomic E-state index is 6.26. The van der Waals surface area contributed by atoms with Crippen molar-refractivity contribution in [3.63, 3.8) is 0 Å². The van der Waals surface area contributed by atoms with Crippen LogP contribution in [0.5, 0.6) is 0 Å². The van der Waals surface area contributed by atoms with Crippen molar-refractivity contribution >= 4 is 34.5 Å². The Hall–Kier alpha value is -2.68. The summed E-state index contributed by atoms with van der Waals surface area (Å²) in [6.07, 6.45) is 1.90. The number of nitrogen functional groups attached to an aromatic ring is 2. The van der Waals surface area contributed by atoms with Crippen LogP contribution in [0, 0.1) is 20.8 Å². The SMILES string of the molecule is Cc1cc(C)c2c(c1)Cc1cc(N)cc3c1B2c1c(C)cc(N)cc1C3. The molecular weight excluding hydrogens is 315 g/mol. The number of nitrogens with two attached hydrogens (primary N) is 2. The van der Waals surface area contributed by atoms with E-state index >= 15 is 0 Å². The summed E-state index contributed by atoms with van der Waals surface area (Å²) in [5.41, 5.74) is 28.2. The Balaban J connectivity index is 1.90. The predicted octanol–water partition coefficient (Wildman–Crippen LogP) is 2.10. The van der Waals surface area contributed by atoms with Gasteiger partial charge in [-0.3, -0.25) is 0 Å².